The molecule has 0 fully saturated rings. The fourth-order valence-electron chi connectivity index (χ4n) is 1.36. The number of hydrogen-bond donors (Lipinski definition) is 2. The normalized spacial score (nSPS) is 11.3. The molecule has 106 valence electrons. The molecule has 3 N–H and O–H groups in total. The van der Waals surface area contributed by atoms with Gasteiger partial charge < -0.3 is 11.1 Å². The molecule has 0 bridgehead atoms. The van der Waals surface area contributed by atoms with Gasteiger partial charge in [0.25, 0.3) is 11.6 Å². The van der Waals surface area contributed by atoms with Crippen LogP contribution in [-0.4, -0.2) is 23.4 Å². The Hall–Kier alpha value is -1.73. The number of amides is 1. The number of hydrogen-bond acceptors (Lipinski definition) is 4. The van der Waals surface area contributed by atoms with Gasteiger partial charge in [-0.1, -0.05) is 0 Å². The number of nitrogens with zero attached hydrogens (tertiary/aromatic N) is 1. The minimum absolute atomic E-state index is 0. The molecule has 0 saturated carbocycles. The number of nitro benzene ring substituents is 1. The predicted octanol–water partition coefficient (Wildman–Crippen LogP) is 1.62. The van der Waals surface area contributed by atoms with Crippen molar-refractivity contribution in [1.82, 2.24) is 5.32 Å². The summed E-state index contributed by atoms with van der Waals surface area (Å²) in [6, 6.07) is 2.75. The van der Waals surface area contributed by atoms with E-state index >= 15 is 0 Å². The van der Waals surface area contributed by atoms with E-state index < -0.39 is 22.3 Å². The third kappa shape index (κ3) is 5.19. The van der Waals surface area contributed by atoms with E-state index in [1.165, 1.54) is 0 Å². The van der Waals surface area contributed by atoms with E-state index in [0.717, 1.165) is 18.2 Å². The van der Waals surface area contributed by atoms with E-state index in [2.05, 4.69) is 5.32 Å². The van der Waals surface area contributed by atoms with Crippen molar-refractivity contribution < 1.29 is 14.1 Å². The Balaban J connectivity index is 0.00000324. The van der Waals surface area contributed by atoms with Gasteiger partial charge in [0.15, 0.2) is 0 Å². The van der Waals surface area contributed by atoms with Crippen molar-refractivity contribution in [3.05, 3.63) is 39.7 Å². The van der Waals surface area contributed by atoms with Gasteiger partial charge in [-0.05, 0) is 25.5 Å². The topological polar surface area (TPSA) is 98.3 Å². The number of nitro groups is 1. The van der Waals surface area contributed by atoms with E-state index in [4.69, 9.17) is 5.73 Å². The molecule has 0 radical (unpaired) electrons. The van der Waals surface area contributed by atoms with Crippen molar-refractivity contribution in [2.45, 2.75) is 19.4 Å². The van der Waals surface area contributed by atoms with Crippen LogP contribution in [0.25, 0.3) is 0 Å². The van der Waals surface area contributed by atoms with Gasteiger partial charge >= 0.3 is 0 Å². The summed E-state index contributed by atoms with van der Waals surface area (Å²) in [6.45, 7) is 2.09. The minimum atomic E-state index is -0.788. The van der Waals surface area contributed by atoms with Crippen molar-refractivity contribution in [1.29, 1.82) is 0 Å². The zero-order valence-electron chi connectivity index (χ0n) is 10.3. The number of benzene rings is 1. The molecule has 0 aliphatic heterocycles. The third-order valence-electron chi connectivity index (χ3n) is 2.29. The molecule has 1 unspecified atom stereocenters. The van der Waals surface area contributed by atoms with Gasteiger partial charge in [-0.2, -0.15) is 0 Å². The van der Waals surface area contributed by atoms with Gasteiger partial charge in [-0.25, -0.2) is 4.39 Å². The molecule has 0 saturated heterocycles. The van der Waals surface area contributed by atoms with Crippen LogP contribution in [0.5, 0.6) is 0 Å². The molecule has 0 aliphatic rings. The van der Waals surface area contributed by atoms with E-state index in [0.29, 0.717) is 13.0 Å². The first-order valence-corrected chi connectivity index (χ1v) is 5.39. The van der Waals surface area contributed by atoms with Crippen LogP contribution in [0.4, 0.5) is 10.1 Å². The zero-order valence-corrected chi connectivity index (χ0v) is 11.1. The molecule has 1 atom stereocenters. The summed E-state index contributed by atoms with van der Waals surface area (Å²) in [7, 11) is 0. The van der Waals surface area contributed by atoms with Crippen LogP contribution >= 0.6 is 12.4 Å². The molecular weight excluding hydrogens is 277 g/mol. The van der Waals surface area contributed by atoms with Crippen LogP contribution in [0.2, 0.25) is 0 Å². The van der Waals surface area contributed by atoms with Crippen LogP contribution in [0.15, 0.2) is 18.2 Å². The summed E-state index contributed by atoms with van der Waals surface area (Å²) in [5.74, 6) is -1.36. The lowest BCUT2D eigenvalue weighted by Crippen LogP contribution is -2.29. The first-order valence-electron chi connectivity index (χ1n) is 5.39. The van der Waals surface area contributed by atoms with Gasteiger partial charge in [0.05, 0.1) is 11.0 Å². The molecule has 0 spiro atoms. The average Bonchev–Trinajstić information content (AvgIpc) is 2.28. The zero-order chi connectivity index (χ0) is 13.7. The van der Waals surface area contributed by atoms with Crippen LogP contribution < -0.4 is 11.1 Å². The number of rotatable bonds is 5. The lowest BCUT2D eigenvalue weighted by Gasteiger charge is -2.07. The first kappa shape index (κ1) is 17.3. The van der Waals surface area contributed by atoms with E-state index in [1.807, 2.05) is 0 Å². The summed E-state index contributed by atoms with van der Waals surface area (Å²) >= 11 is 0. The molecule has 0 aliphatic carbocycles. The summed E-state index contributed by atoms with van der Waals surface area (Å²) in [5, 5.41) is 13.2. The van der Waals surface area contributed by atoms with Crippen molar-refractivity contribution in [2.75, 3.05) is 6.54 Å². The van der Waals surface area contributed by atoms with Gasteiger partial charge in [0, 0.05) is 12.6 Å². The highest BCUT2D eigenvalue weighted by atomic mass is 35.5. The number of carbonyl (C=O) groups is 1. The van der Waals surface area contributed by atoms with Crippen LogP contribution in [0.1, 0.15) is 23.7 Å². The van der Waals surface area contributed by atoms with E-state index in [-0.39, 0.29) is 24.0 Å². The van der Waals surface area contributed by atoms with E-state index in [9.17, 15) is 19.3 Å². The average molecular weight is 292 g/mol. The molecular formula is C11H15ClFN3O3. The van der Waals surface area contributed by atoms with Gasteiger partial charge in [0.1, 0.15) is 11.4 Å². The Morgan fingerprint density at radius 1 is 1.58 bits per heavy atom. The first-order chi connectivity index (χ1) is 8.41. The largest absolute Gasteiger partial charge is 0.352 e. The lowest BCUT2D eigenvalue weighted by atomic mass is 10.1. The predicted molar refractivity (Wildman–Crippen MR) is 70.9 cm³/mol. The second-order valence-corrected chi connectivity index (χ2v) is 3.94. The van der Waals surface area contributed by atoms with Crippen LogP contribution in [0, 0.1) is 15.9 Å². The molecule has 1 aromatic rings. The molecule has 0 heterocycles. The van der Waals surface area contributed by atoms with Gasteiger partial charge in [-0.3, -0.25) is 14.9 Å². The fraction of sp³-hybridized carbons (Fsp3) is 0.364. The third-order valence-corrected chi connectivity index (χ3v) is 2.29. The molecule has 8 heteroatoms. The molecule has 1 aromatic carbocycles. The van der Waals surface area contributed by atoms with Crippen LogP contribution in [-0.2, 0) is 0 Å². The quantitative estimate of drug-likeness (QED) is 0.636. The Morgan fingerprint density at radius 3 is 2.74 bits per heavy atom. The summed E-state index contributed by atoms with van der Waals surface area (Å²) < 4.78 is 12.9. The molecule has 1 rings (SSSR count). The smallest absolute Gasteiger partial charge is 0.285 e. The highest BCUT2D eigenvalue weighted by Gasteiger charge is 2.20. The van der Waals surface area contributed by atoms with Gasteiger partial charge in [-0.15, -0.1) is 12.4 Å². The Labute approximate surface area is 115 Å². The molecule has 0 aromatic heterocycles. The summed E-state index contributed by atoms with van der Waals surface area (Å²) in [5.41, 5.74) is 4.80. The van der Waals surface area contributed by atoms with Crippen molar-refractivity contribution in [2.24, 2.45) is 5.73 Å². The number of halogens is 2. The Bertz CT molecular complexity index is 468. The Kier molecular flexibility index (Phi) is 6.95. The summed E-state index contributed by atoms with van der Waals surface area (Å²) in [6.07, 6.45) is 0.556. The standard InChI is InChI=1S/C11H14FN3O3.ClH/c1-7(13)4-5-14-11(16)9-3-2-8(12)6-10(9)15(17)18;/h2-3,6-7H,4-5,13H2,1H3,(H,14,16);1H. The minimum Gasteiger partial charge on any atom is -0.352 e. The lowest BCUT2D eigenvalue weighted by molar-refractivity contribution is -0.385. The second-order valence-electron chi connectivity index (χ2n) is 3.94. The molecule has 19 heavy (non-hydrogen) atoms. The van der Waals surface area contributed by atoms with Crippen LogP contribution in [0.3, 0.4) is 0 Å². The molecule has 6 nitrogen and oxygen atoms in total. The Morgan fingerprint density at radius 2 is 2.21 bits per heavy atom. The van der Waals surface area contributed by atoms with E-state index in [1.54, 1.807) is 6.92 Å². The SMILES string of the molecule is CC(N)CCNC(=O)c1ccc(F)cc1[N+](=O)[O-].Cl. The maximum atomic E-state index is 12.9. The second kappa shape index (κ2) is 7.65. The highest BCUT2D eigenvalue weighted by molar-refractivity contribution is 5.98. The monoisotopic (exact) mass is 291 g/mol. The number of carbonyl (C=O) groups excluding carboxylic acids is 1. The van der Waals surface area contributed by atoms with Crippen molar-refractivity contribution in [3.63, 3.8) is 0 Å². The maximum absolute atomic E-state index is 12.9. The van der Waals surface area contributed by atoms with Crippen molar-refractivity contribution in [3.8, 4) is 0 Å². The number of nitrogens with two attached hydrogens (primary N) is 1. The summed E-state index contributed by atoms with van der Waals surface area (Å²) in [4.78, 5) is 21.6. The van der Waals surface area contributed by atoms with Gasteiger partial charge in [0.2, 0.25) is 0 Å². The number of nitrogens with one attached hydrogen (secondary N) is 1. The van der Waals surface area contributed by atoms with Crippen molar-refractivity contribution >= 4 is 24.0 Å². The molecule has 1 amide bonds. The highest BCUT2D eigenvalue weighted by Crippen LogP contribution is 2.19. The maximum Gasteiger partial charge on any atom is 0.285 e. The fourth-order valence-corrected chi connectivity index (χ4v) is 1.36.